The normalized spacial score (nSPS) is 11.6. The molecule has 0 amide bonds. The fourth-order valence-corrected chi connectivity index (χ4v) is 2.99. The first-order valence-electron chi connectivity index (χ1n) is 8.53. The molecule has 0 aliphatic rings. The lowest BCUT2D eigenvalue weighted by Crippen LogP contribution is -2.01. The molecule has 2 heterocycles. The Morgan fingerprint density at radius 1 is 1.15 bits per heavy atom. The van der Waals surface area contributed by atoms with Gasteiger partial charge in [-0.25, -0.2) is 4.98 Å². The summed E-state index contributed by atoms with van der Waals surface area (Å²) in [7, 11) is 1.90. The minimum Gasteiger partial charge on any atom is -0.411 e. The van der Waals surface area contributed by atoms with Crippen LogP contribution in [0.1, 0.15) is 16.8 Å². The van der Waals surface area contributed by atoms with Crippen LogP contribution >= 0.6 is 0 Å². The molecule has 0 fully saturated rings. The third kappa shape index (κ3) is 3.58. The highest BCUT2D eigenvalue weighted by atomic mass is 16.5. The number of aromatic nitrogens is 4. The van der Waals surface area contributed by atoms with E-state index in [2.05, 4.69) is 21.3 Å². The predicted molar refractivity (Wildman–Crippen MR) is 102 cm³/mol. The van der Waals surface area contributed by atoms with Crippen molar-refractivity contribution in [2.24, 2.45) is 12.2 Å². The molecule has 4 aromatic rings. The summed E-state index contributed by atoms with van der Waals surface area (Å²) in [6.45, 7) is 1.03. The summed E-state index contributed by atoms with van der Waals surface area (Å²) >= 11 is 0. The molecule has 0 aliphatic heterocycles. The largest absolute Gasteiger partial charge is 0.411 e. The zero-order valence-electron chi connectivity index (χ0n) is 14.9. The second-order valence-corrected chi connectivity index (χ2v) is 6.22. The van der Waals surface area contributed by atoms with Gasteiger partial charge in [-0.15, -0.1) is 0 Å². The first-order chi connectivity index (χ1) is 13.2. The third-order valence-electron chi connectivity index (χ3n) is 4.41. The van der Waals surface area contributed by atoms with E-state index in [0.717, 1.165) is 33.5 Å². The van der Waals surface area contributed by atoms with Crippen LogP contribution in [0.4, 0.5) is 0 Å². The Labute approximate surface area is 156 Å². The summed E-state index contributed by atoms with van der Waals surface area (Å²) in [6.07, 6.45) is 4.94. The average Bonchev–Trinajstić information content (AvgIpc) is 3.28. The summed E-state index contributed by atoms with van der Waals surface area (Å²) in [6, 6.07) is 15.9. The van der Waals surface area contributed by atoms with Crippen molar-refractivity contribution in [3.05, 3.63) is 77.9 Å². The molecule has 7 heteroatoms. The van der Waals surface area contributed by atoms with Crippen LogP contribution in [0.25, 0.3) is 16.7 Å². The van der Waals surface area contributed by atoms with Crippen molar-refractivity contribution in [3.63, 3.8) is 0 Å². The van der Waals surface area contributed by atoms with Gasteiger partial charge in [0.1, 0.15) is 6.33 Å². The van der Waals surface area contributed by atoms with E-state index in [1.165, 1.54) is 6.21 Å². The van der Waals surface area contributed by atoms with Crippen LogP contribution in [0.3, 0.4) is 0 Å². The van der Waals surface area contributed by atoms with Crippen molar-refractivity contribution in [2.75, 3.05) is 0 Å². The van der Waals surface area contributed by atoms with Crippen LogP contribution in [-0.4, -0.2) is 30.8 Å². The molecule has 0 saturated heterocycles. The van der Waals surface area contributed by atoms with Gasteiger partial charge >= 0.3 is 0 Å². The smallest absolute Gasteiger partial charge is 0.100 e. The number of hydrogen-bond acceptors (Lipinski definition) is 5. The van der Waals surface area contributed by atoms with Crippen molar-refractivity contribution >= 4 is 17.2 Å². The number of ether oxygens (including phenoxy) is 1. The fraction of sp³-hybridized carbons (Fsp3) is 0.150. The number of benzene rings is 2. The van der Waals surface area contributed by atoms with Crippen molar-refractivity contribution in [2.45, 2.75) is 13.2 Å². The molecular weight excluding hydrogens is 342 g/mol. The Morgan fingerprint density at radius 2 is 2.07 bits per heavy atom. The summed E-state index contributed by atoms with van der Waals surface area (Å²) in [4.78, 5) is 4.45. The summed E-state index contributed by atoms with van der Waals surface area (Å²) in [5.41, 5.74) is 5.76. The fourth-order valence-electron chi connectivity index (χ4n) is 2.99. The second-order valence-electron chi connectivity index (χ2n) is 6.22. The number of imidazole rings is 1. The molecule has 1 N–H and O–H groups in total. The van der Waals surface area contributed by atoms with Gasteiger partial charge in [0.25, 0.3) is 0 Å². The molecule has 0 radical (unpaired) electrons. The summed E-state index contributed by atoms with van der Waals surface area (Å²) < 4.78 is 9.66. The quantitative estimate of drug-likeness (QED) is 0.325. The van der Waals surface area contributed by atoms with Gasteiger partial charge in [0.2, 0.25) is 0 Å². The molecule has 0 saturated carbocycles. The standard InChI is InChI=1S/C20H19N5O2/c1-24-18(7-8-22-24)13-27-12-16-3-2-4-17(9-16)25-14-21-19-10-15(11-23-26)5-6-20(19)25/h2-11,14,26H,12-13H2,1H3/b23-11-. The van der Waals surface area contributed by atoms with Crippen LogP contribution in [0.15, 0.2) is 66.2 Å². The molecule has 0 bridgehead atoms. The van der Waals surface area contributed by atoms with Gasteiger partial charge in [-0.05, 0) is 41.5 Å². The van der Waals surface area contributed by atoms with Crippen LogP contribution < -0.4 is 0 Å². The molecule has 136 valence electrons. The number of hydrogen-bond donors (Lipinski definition) is 1. The van der Waals surface area contributed by atoms with E-state index in [1.54, 1.807) is 12.5 Å². The molecule has 4 rings (SSSR count). The molecule has 0 atom stereocenters. The lowest BCUT2D eigenvalue weighted by molar-refractivity contribution is 0.102. The van der Waals surface area contributed by atoms with Crippen LogP contribution in [0, 0.1) is 0 Å². The lowest BCUT2D eigenvalue weighted by atomic mass is 10.2. The zero-order chi connectivity index (χ0) is 18.6. The Morgan fingerprint density at radius 3 is 2.89 bits per heavy atom. The Kier molecular flexibility index (Phi) is 4.67. The van der Waals surface area contributed by atoms with E-state index in [1.807, 2.05) is 58.8 Å². The Hall–Kier alpha value is -3.45. The average molecular weight is 361 g/mol. The van der Waals surface area contributed by atoms with Crippen LogP contribution in [-0.2, 0) is 25.0 Å². The van der Waals surface area contributed by atoms with Gasteiger partial charge in [0, 0.05) is 18.9 Å². The molecule has 27 heavy (non-hydrogen) atoms. The summed E-state index contributed by atoms with van der Waals surface area (Å²) in [5.74, 6) is 0. The lowest BCUT2D eigenvalue weighted by Gasteiger charge is -2.09. The number of rotatable bonds is 6. The molecule has 2 aromatic carbocycles. The highest BCUT2D eigenvalue weighted by molar-refractivity contribution is 5.87. The number of aryl methyl sites for hydroxylation is 1. The van der Waals surface area contributed by atoms with Gasteiger partial charge < -0.3 is 9.94 Å². The Bertz CT molecular complexity index is 1100. The van der Waals surface area contributed by atoms with Gasteiger partial charge in [-0.2, -0.15) is 5.10 Å². The van der Waals surface area contributed by atoms with Gasteiger partial charge in [0.15, 0.2) is 0 Å². The van der Waals surface area contributed by atoms with Crippen LogP contribution in [0.2, 0.25) is 0 Å². The van der Waals surface area contributed by atoms with Crippen molar-refractivity contribution in [3.8, 4) is 5.69 Å². The first kappa shape index (κ1) is 17.0. The van der Waals surface area contributed by atoms with Crippen molar-refractivity contribution in [1.29, 1.82) is 0 Å². The molecule has 2 aromatic heterocycles. The molecule has 0 aliphatic carbocycles. The molecule has 0 spiro atoms. The molecule has 7 nitrogen and oxygen atoms in total. The maximum absolute atomic E-state index is 8.68. The van der Waals surface area contributed by atoms with E-state index in [9.17, 15) is 0 Å². The van der Waals surface area contributed by atoms with Crippen LogP contribution in [0.5, 0.6) is 0 Å². The van der Waals surface area contributed by atoms with E-state index in [-0.39, 0.29) is 0 Å². The SMILES string of the molecule is Cn1nccc1COCc1cccc(-n2cnc3cc(/C=N\O)ccc32)c1. The van der Waals surface area contributed by atoms with Gasteiger partial charge in [0.05, 0.1) is 36.2 Å². The highest BCUT2D eigenvalue weighted by Gasteiger charge is 2.06. The van der Waals surface area contributed by atoms with Gasteiger partial charge in [-0.1, -0.05) is 23.4 Å². The maximum Gasteiger partial charge on any atom is 0.100 e. The number of oxime groups is 1. The van der Waals surface area contributed by atoms with E-state index >= 15 is 0 Å². The third-order valence-corrected chi connectivity index (χ3v) is 4.41. The van der Waals surface area contributed by atoms with Crippen molar-refractivity contribution < 1.29 is 9.94 Å². The summed E-state index contributed by atoms with van der Waals surface area (Å²) in [5, 5.41) is 15.9. The van der Waals surface area contributed by atoms with E-state index < -0.39 is 0 Å². The van der Waals surface area contributed by atoms with Crippen molar-refractivity contribution in [1.82, 2.24) is 19.3 Å². The highest BCUT2D eigenvalue weighted by Crippen LogP contribution is 2.20. The second kappa shape index (κ2) is 7.43. The first-order valence-corrected chi connectivity index (χ1v) is 8.53. The number of nitrogens with zero attached hydrogens (tertiary/aromatic N) is 5. The predicted octanol–water partition coefficient (Wildman–Crippen LogP) is 3.28. The maximum atomic E-state index is 8.68. The topological polar surface area (TPSA) is 77.5 Å². The zero-order valence-corrected chi connectivity index (χ0v) is 14.9. The van der Waals surface area contributed by atoms with Gasteiger partial charge in [-0.3, -0.25) is 9.25 Å². The van der Waals surface area contributed by atoms with E-state index in [4.69, 9.17) is 9.94 Å². The molecular formula is C20H19N5O2. The van der Waals surface area contributed by atoms with E-state index in [0.29, 0.717) is 13.2 Å². The number of fused-ring (bicyclic) bond motifs is 1. The Balaban J connectivity index is 1.53. The monoisotopic (exact) mass is 361 g/mol. The minimum absolute atomic E-state index is 0.517. The molecule has 0 unspecified atom stereocenters. The minimum atomic E-state index is 0.517.